The molecule has 0 heterocycles. The summed E-state index contributed by atoms with van der Waals surface area (Å²) in [5.41, 5.74) is 0. The molecule has 0 aliphatic carbocycles. The average Bonchev–Trinajstić information content (AvgIpc) is 2.44. The highest BCUT2D eigenvalue weighted by Gasteiger charge is 2.15. The van der Waals surface area contributed by atoms with Crippen molar-refractivity contribution in [3.05, 3.63) is 30.1 Å². The molecule has 0 saturated heterocycles. The van der Waals surface area contributed by atoms with E-state index in [-0.39, 0.29) is 18.1 Å². The van der Waals surface area contributed by atoms with Gasteiger partial charge in [0.25, 0.3) is 0 Å². The predicted molar refractivity (Wildman–Crippen MR) is 70.7 cm³/mol. The van der Waals surface area contributed by atoms with Crippen molar-refractivity contribution in [3.8, 4) is 5.75 Å². The fraction of sp³-hybridized carbons (Fsp3) is 0.429. The third-order valence-electron chi connectivity index (χ3n) is 2.56. The van der Waals surface area contributed by atoms with Gasteiger partial charge in [-0.1, -0.05) is 0 Å². The van der Waals surface area contributed by atoms with Gasteiger partial charge in [-0.05, 0) is 37.6 Å². The summed E-state index contributed by atoms with van der Waals surface area (Å²) in [6.07, 6.45) is 0.736. The van der Waals surface area contributed by atoms with Crippen molar-refractivity contribution in [2.75, 3.05) is 13.7 Å². The van der Waals surface area contributed by atoms with Gasteiger partial charge >= 0.3 is 5.97 Å². The molecule has 1 unspecified atom stereocenters. The standard InChI is InChI=1S/C14H18FNO4/c1-10(14(18)19-2)16-13(17)4-3-9-20-12-7-5-11(15)6-8-12/h5-8,10H,3-4,9H2,1-2H3,(H,16,17). The number of rotatable bonds is 7. The van der Waals surface area contributed by atoms with Gasteiger partial charge in [-0.15, -0.1) is 0 Å². The summed E-state index contributed by atoms with van der Waals surface area (Å²) in [6, 6.07) is 4.99. The average molecular weight is 283 g/mol. The largest absolute Gasteiger partial charge is 0.494 e. The second-order valence-electron chi connectivity index (χ2n) is 4.22. The lowest BCUT2D eigenvalue weighted by molar-refractivity contribution is -0.144. The second kappa shape index (κ2) is 8.14. The topological polar surface area (TPSA) is 64.6 Å². The van der Waals surface area contributed by atoms with Crippen LogP contribution in [0.3, 0.4) is 0 Å². The van der Waals surface area contributed by atoms with Gasteiger partial charge in [0.2, 0.25) is 5.91 Å². The molecular weight excluding hydrogens is 265 g/mol. The quantitative estimate of drug-likeness (QED) is 0.610. The SMILES string of the molecule is COC(=O)C(C)NC(=O)CCCOc1ccc(F)cc1. The Morgan fingerprint density at radius 2 is 1.95 bits per heavy atom. The Labute approximate surface area is 117 Å². The van der Waals surface area contributed by atoms with Crippen LogP contribution in [0.2, 0.25) is 0 Å². The fourth-order valence-corrected chi connectivity index (χ4v) is 1.50. The third-order valence-corrected chi connectivity index (χ3v) is 2.56. The Bertz CT molecular complexity index is 447. The monoisotopic (exact) mass is 283 g/mol. The highest BCUT2D eigenvalue weighted by atomic mass is 19.1. The zero-order valence-electron chi connectivity index (χ0n) is 11.5. The summed E-state index contributed by atoms with van der Waals surface area (Å²) in [5.74, 6) is -0.505. The number of hydrogen-bond acceptors (Lipinski definition) is 4. The number of methoxy groups -OCH3 is 1. The number of carbonyl (C=O) groups excluding carboxylic acids is 2. The van der Waals surface area contributed by atoms with E-state index in [4.69, 9.17) is 4.74 Å². The van der Waals surface area contributed by atoms with Crippen LogP contribution in [0.25, 0.3) is 0 Å². The van der Waals surface area contributed by atoms with Crippen LogP contribution in [0.15, 0.2) is 24.3 Å². The minimum absolute atomic E-state index is 0.239. The molecule has 0 radical (unpaired) electrons. The van der Waals surface area contributed by atoms with Gasteiger partial charge in [-0.25, -0.2) is 9.18 Å². The number of amides is 1. The molecule has 5 nitrogen and oxygen atoms in total. The van der Waals surface area contributed by atoms with Crippen LogP contribution < -0.4 is 10.1 Å². The molecule has 0 fully saturated rings. The molecule has 0 aromatic heterocycles. The third kappa shape index (κ3) is 5.69. The lowest BCUT2D eigenvalue weighted by Crippen LogP contribution is -2.39. The normalized spacial score (nSPS) is 11.6. The first-order chi connectivity index (χ1) is 9.52. The Morgan fingerprint density at radius 3 is 2.55 bits per heavy atom. The van der Waals surface area contributed by atoms with Gasteiger partial charge in [-0.3, -0.25) is 4.79 Å². The zero-order chi connectivity index (χ0) is 15.0. The summed E-state index contributed by atoms with van der Waals surface area (Å²) in [7, 11) is 1.27. The van der Waals surface area contributed by atoms with E-state index in [9.17, 15) is 14.0 Å². The second-order valence-corrected chi connectivity index (χ2v) is 4.22. The first-order valence-electron chi connectivity index (χ1n) is 6.28. The number of esters is 1. The molecule has 1 aromatic rings. The summed E-state index contributed by atoms with van der Waals surface area (Å²) in [5, 5.41) is 2.52. The lowest BCUT2D eigenvalue weighted by Gasteiger charge is -2.11. The van der Waals surface area contributed by atoms with E-state index in [1.165, 1.54) is 31.4 Å². The molecule has 1 amide bonds. The smallest absolute Gasteiger partial charge is 0.328 e. The fourth-order valence-electron chi connectivity index (χ4n) is 1.50. The van der Waals surface area contributed by atoms with E-state index in [1.54, 1.807) is 6.92 Å². The van der Waals surface area contributed by atoms with Gasteiger partial charge in [0, 0.05) is 6.42 Å². The number of carbonyl (C=O) groups is 2. The van der Waals surface area contributed by atoms with Gasteiger partial charge < -0.3 is 14.8 Å². The summed E-state index contributed by atoms with van der Waals surface area (Å²) < 4.78 is 22.5. The molecule has 0 spiro atoms. The van der Waals surface area contributed by atoms with Crippen LogP contribution in [0.5, 0.6) is 5.75 Å². The number of ether oxygens (including phenoxy) is 2. The van der Waals surface area contributed by atoms with Crippen molar-refractivity contribution in [1.82, 2.24) is 5.32 Å². The Morgan fingerprint density at radius 1 is 1.30 bits per heavy atom. The minimum atomic E-state index is -0.662. The molecule has 20 heavy (non-hydrogen) atoms. The molecule has 1 aromatic carbocycles. The molecule has 0 bridgehead atoms. The molecule has 6 heteroatoms. The van der Waals surface area contributed by atoms with Crippen LogP contribution in [-0.4, -0.2) is 31.6 Å². The van der Waals surface area contributed by atoms with Crippen molar-refractivity contribution in [1.29, 1.82) is 0 Å². The van der Waals surface area contributed by atoms with E-state index in [0.29, 0.717) is 18.8 Å². The van der Waals surface area contributed by atoms with Crippen molar-refractivity contribution in [2.45, 2.75) is 25.8 Å². The minimum Gasteiger partial charge on any atom is -0.494 e. The van der Waals surface area contributed by atoms with Crippen LogP contribution in [0.1, 0.15) is 19.8 Å². The first-order valence-corrected chi connectivity index (χ1v) is 6.28. The Balaban J connectivity index is 2.19. The maximum Gasteiger partial charge on any atom is 0.328 e. The summed E-state index contributed by atoms with van der Waals surface area (Å²) >= 11 is 0. The molecule has 0 saturated carbocycles. The molecule has 0 aliphatic rings. The van der Waals surface area contributed by atoms with Gasteiger partial charge in [0.15, 0.2) is 0 Å². The molecule has 0 aliphatic heterocycles. The lowest BCUT2D eigenvalue weighted by atomic mass is 10.2. The van der Waals surface area contributed by atoms with Crippen molar-refractivity contribution in [2.24, 2.45) is 0 Å². The predicted octanol–water partition coefficient (Wildman–Crippen LogP) is 1.66. The van der Waals surface area contributed by atoms with E-state index in [1.807, 2.05) is 0 Å². The number of hydrogen-bond donors (Lipinski definition) is 1. The van der Waals surface area contributed by atoms with E-state index < -0.39 is 12.0 Å². The van der Waals surface area contributed by atoms with Crippen LogP contribution in [0, 0.1) is 5.82 Å². The maximum atomic E-state index is 12.7. The van der Waals surface area contributed by atoms with Gasteiger partial charge in [0.05, 0.1) is 13.7 Å². The number of halogens is 1. The molecule has 1 rings (SSSR count). The first kappa shape index (κ1) is 15.9. The molecular formula is C14H18FNO4. The van der Waals surface area contributed by atoms with E-state index >= 15 is 0 Å². The van der Waals surface area contributed by atoms with Gasteiger partial charge in [-0.2, -0.15) is 0 Å². The Kier molecular flexibility index (Phi) is 6.49. The maximum absolute atomic E-state index is 12.7. The Hall–Kier alpha value is -2.11. The molecule has 1 atom stereocenters. The van der Waals surface area contributed by atoms with Crippen molar-refractivity contribution >= 4 is 11.9 Å². The van der Waals surface area contributed by atoms with Crippen molar-refractivity contribution < 1.29 is 23.5 Å². The van der Waals surface area contributed by atoms with Crippen molar-refractivity contribution in [3.63, 3.8) is 0 Å². The summed E-state index contributed by atoms with van der Waals surface area (Å²) in [4.78, 5) is 22.6. The van der Waals surface area contributed by atoms with Crippen LogP contribution in [-0.2, 0) is 14.3 Å². The molecule has 1 N–H and O–H groups in total. The number of benzene rings is 1. The summed E-state index contributed by atoms with van der Waals surface area (Å²) in [6.45, 7) is 1.89. The highest BCUT2D eigenvalue weighted by molar-refractivity contribution is 5.83. The van der Waals surface area contributed by atoms with Crippen LogP contribution in [0.4, 0.5) is 4.39 Å². The van der Waals surface area contributed by atoms with E-state index in [2.05, 4.69) is 10.1 Å². The van der Waals surface area contributed by atoms with E-state index in [0.717, 1.165) is 0 Å². The zero-order valence-corrected chi connectivity index (χ0v) is 11.5. The van der Waals surface area contributed by atoms with Crippen LogP contribution >= 0.6 is 0 Å². The van der Waals surface area contributed by atoms with Gasteiger partial charge in [0.1, 0.15) is 17.6 Å². The number of nitrogens with one attached hydrogen (secondary N) is 1. The highest BCUT2D eigenvalue weighted by Crippen LogP contribution is 2.11. The molecule has 110 valence electrons.